The van der Waals surface area contributed by atoms with Crippen LogP contribution in [0.2, 0.25) is 5.02 Å². The highest BCUT2D eigenvalue weighted by atomic mass is 79.9. The monoisotopic (exact) mass is 317 g/mol. The van der Waals surface area contributed by atoms with E-state index in [0.29, 0.717) is 12.1 Å². The first-order valence-electron chi connectivity index (χ1n) is 5.08. The molecule has 1 aromatic heterocycles. The van der Waals surface area contributed by atoms with Crippen LogP contribution in [0, 0.1) is 5.82 Å². The lowest BCUT2D eigenvalue weighted by atomic mass is 10.2. The van der Waals surface area contributed by atoms with Gasteiger partial charge in [0, 0.05) is 23.5 Å². The summed E-state index contributed by atoms with van der Waals surface area (Å²) in [5, 5.41) is 8.88. The molecule has 2 rings (SSSR count). The molecule has 0 aliphatic rings. The predicted octanol–water partition coefficient (Wildman–Crippen LogP) is 3.06. The number of aryl methyl sites for hydroxylation is 1. The van der Waals surface area contributed by atoms with Crippen LogP contribution in [0.15, 0.2) is 24.4 Å². The van der Waals surface area contributed by atoms with Gasteiger partial charge in [-0.1, -0.05) is 44.9 Å². The van der Waals surface area contributed by atoms with Crippen LogP contribution in [0.4, 0.5) is 4.39 Å². The maximum Gasteiger partial charge on any atom is 0.146 e. The van der Waals surface area contributed by atoms with Gasteiger partial charge >= 0.3 is 0 Å². The van der Waals surface area contributed by atoms with Gasteiger partial charge in [0.2, 0.25) is 0 Å². The van der Waals surface area contributed by atoms with Crippen molar-refractivity contribution in [3.63, 3.8) is 0 Å². The number of hydrogen-bond acceptors (Lipinski definition) is 2. The maximum atomic E-state index is 13.6. The lowest BCUT2D eigenvalue weighted by molar-refractivity contribution is 0.577. The van der Waals surface area contributed by atoms with Crippen LogP contribution >= 0.6 is 27.5 Å². The number of nitrogens with zero attached hydrogens (tertiary/aromatic N) is 3. The van der Waals surface area contributed by atoms with Gasteiger partial charge in [0.05, 0.1) is 17.3 Å². The molecule has 0 bridgehead atoms. The lowest BCUT2D eigenvalue weighted by Crippen LogP contribution is -2.03. The second kappa shape index (κ2) is 5.60. The quantitative estimate of drug-likeness (QED) is 0.811. The molecule has 1 heterocycles. The molecule has 1 aromatic carbocycles. The van der Waals surface area contributed by atoms with Crippen molar-refractivity contribution in [2.45, 2.75) is 13.0 Å². The van der Waals surface area contributed by atoms with Crippen LogP contribution in [0.25, 0.3) is 0 Å². The molecule has 2 aromatic rings. The molecule has 0 unspecified atom stereocenters. The zero-order valence-electron chi connectivity index (χ0n) is 8.91. The second-order valence-corrected chi connectivity index (χ2v) is 4.76. The minimum absolute atomic E-state index is 0.128. The first-order valence-corrected chi connectivity index (χ1v) is 6.58. The molecule has 0 amide bonds. The van der Waals surface area contributed by atoms with Gasteiger partial charge in [-0.25, -0.2) is 9.07 Å². The van der Waals surface area contributed by atoms with Gasteiger partial charge in [-0.3, -0.25) is 0 Å². The highest BCUT2D eigenvalue weighted by Crippen LogP contribution is 2.18. The molecule has 0 saturated heterocycles. The first-order chi connectivity index (χ1) is 8.20. The van der Waals surface area contributed by atoms with Crippen molar-refractivity contribution in [2.24, 2.45) is 0 Å². The van der Waals surface area contributed by atoms with Gasteiger partial charge in [0.15, 0.2) is 0 Å². The van der Waals surface area contributed by atoms with Crippen LogP contribution in [0.3, 0.4) is 0 Å². The largest absolute Gasteiger partial charge is 0.248 e. The van der Waals surface area contributed by atoms with Gasteiger partial charge in [-0.15, -0.1) is 5.10 Å². The molecule has 0 spiro atoms. The van der Waals surface area contributed by atoms with Crippen LogP contribution in [-0.4, -0.2) is 20.3 Å². The predicted molar refractivity (Wildman–Crippen MR) is 68.0 cm³/mol. The molecule has 0 aliphatic carbocycles. The van der Waals surface area contributed by atoms with E-state index >= 15 is 0 Å². The summed E-state index contributed by atoms with van der Waals surface area (Å²) >= 11 is 9.04. The molecular weight excluding hydrogens is 308 g/mol. The van der Waals surface area contributed by atoms with Crippen LogP contribution < -0.4 is 0 Å². The Kier molecular flexibility index (Phi) is 4.12. The number of rotatable bonds is 4. The summed E-state index contributed by atoms with van der Waals surface area (Å²) in [5.74, 6) is -0.397. The molecule has 17 heavy (non-hydrogen) atoms. The fraction of sp³-hybridized carbons (Fsp3) is 0.273. The van der Waals surface area contributed by atoms with Crippen molar-refractivity contribution in [1.29, 1.82) is 0 Å². The van der Waals surface area contributed by atoms with E-state index in [-0.39, 0.29) is 5.02 Å². The third-order valence-electron chi connectivity index (χ3n) is 2.30. The van der Waals surface area contributed by atoms with Crippen molar-refractivity contribution in [1.82, 2.24) is 15.0 Å². The van der Waals surface area contributed by atoms with E-state index in [4.69, 9.17) is 11.6 Å². The highest BCUT2D eigenvalue weighted by molar-refractivity contribution is 9.09. The number of alkyl halides is 1. The van der Waals surface area contributed by atoms with E-state index in [9.17, 15) is 4.39 Å². The summed E-state index contributed by atoms with van der Waals surface area (Å²) < 4.78 is 15.2. The van der Waals surface area contributed by atoms with Crippen molar-refractivity contribution < 1.29 is 4.39 Å². The molecule has 6 heteroatoms. The zero-order chi connectivity index (χ0) is 12.3. The Morgan fingerprint density at radius 1 is 1.41 bits per heavy atom. The van der Waals surface area contributed by atoms with Crippen molar-refractivity contribution in [3.8, 4) is 0 Å². The Labute approximate surface area is 112 Å². The molecule has 0 aliphatic heterocycles. The Morgan fingerprint density at radius 2 is 2.24 bits per heavy atom. The van der Waals surface area contributed by atoms with Gasteiger partial charge < -0.3 is 0 Å². The zero-order valence-corrected chi connectivity index (χ0v) is 11.2. The topological polar surface area (TPSA) is 30.7 Å². The van der Waals surface area contributed by atoms with E-state index in [1.54, 1.807) is 16.8 Å². The molecule has 0 radical (unpaired) electrons. The maximum absolute atomic E-state index is 13.6. The third kappa shape index (κ3) is 3.04. The van der Waals surface area contributed by atoms with E-state index in [0.717, 1.165) is 17.4 Å². The summed E-state index contributed by atoms with van der Waals surface area (Å²) in [6.45, 7) is 0.335. The Bertz CT molecular complexity index is 515. The van der Waals surface area contributed by atoms with E-state index < -0.39 is 5.82 Å². The van der Waals surface area contributed by atoms with E-state index in [1.807, 2.05) is 6.20 Å². The third-order valence-corrected chi connectivity index (χ3v) is 2.99. The summed E-state index contributed by atoms with van der Waals surface area (Å²) in [4.78, 5) is 0. The fourth-order valence-electron chi connectivity index (χ4n) is 1.47. The molecular formula is C11H10BrClFN3. The molecule has 0 fully saturated rings. The minimum Gasteiger partial charge on any atom is -0.248 e. The Balaban J connectivity index is 2.16. The molecule has 0 atom stereocenters. The fourth-order valence-corrected chi connectivity index (χ4v) is 2.07. The Hall–Kier alpha value is -0.940. The van der Waals surface area contributed by atoms with Gasteiger partial charge in [-0.05, 0) is 6.07 Å². The molecule has 90 valence electrons. The van der Waals surface area contributed by atoms with Crippen LogP contribution in [0.5, 0.6) is 0 Å². The summed E-state index contributed by atoms with van der Waals surface area (Å²) in [7, 11) is 0. The van der Waals surface area contributed by atoms with E-state index in [1.165, 1.54) is 6.07 Å². The summed E-state index contributed by atoms with van der Waals surface area (Å²) in [6, 6.07) is 4.93. The SMILES string of the molecule is Fc1c(Cl)cccc1Cn1cc(CCBr)nn1. The molecule has 0 saturated carbocycles. The number of hydrogen-bond donors (Lipinski definition) is 0. The minimum atomic E-state index is -0.397. The van der Waals surface area contributed by atoms with E-state index in [2.05, 4.69) is 26.2 Å². The average molecular weight is 319 g/mol. The van der Waals surface area contributed by atoms with Crippen LogP contribution in [0.1, 0.15) is 11.3 Å². The van der Waals surface area contributed by atoms with Crippen molar-refractivity contribution >= 4 is 27.5 Å². The first kappa shape index (κ1) is 12.5. The van der Waals surface area contributed by atoms with Gasteiger partial charge in [-0.2, -0.15) is 0 Å². The smallest absolute Gasteiger partial charge is 0.146 e. The number of aromatic nitrogens is 3. The lowest BCUT2D eigenvalue weighted by Gasteiger charge is -2.03. The standard InChI is InChI=1S/C11H10BrClFN3/c12-5-4-9-7-17(16-15-9)6-8-2-1-3-10(13)11(8)14/h1-3,7H,4-6H2. The van der Waals surface area contributed by atoms with Crippen LogP contribution in [-0.2, 0) is 13.0 Å². The Morgan fingerprint density at radius 3 is 3.00 bits per heavy atom. The average Bonchev–Trinajstić information content (AvgIpc) is 2.73. The summed E-state index contributed by atoms with van der Waals surface area (Å²) in [6.07, 6.45) is 2.61. The number of halogens is 3. The molecule has 0 N–H and O–H groups in total. The summed E-state index contributed by atoms with van der Waals surface area (Å²) in [5.41, 5.74) is 1.39. The number of benzene rings is 1. The van der Waals surface area contributed by atoms with Crippen molar-refractivity contribution in [3.05, 3.63) is 46.5 Å². The van der Waals surface area contributed by atoms with Gasteiger partial charge in [0.1, 0.15) is 5.82 Å². The van der Waals surface area contributed by atoms with Gasteiger partial charge in [0.25, 0.3) is 0 Å². The van der Waals surface area contributed by atoms with Crippen molar-refractivity contribution in [2.75, 3.05) is 5.33 Å². The normalized spacial score (nSPS) is 10.8. The molecule has 3 nitrogen and oxygen atoms in total. The highest BCUT2D eigenvalue weighted by Gasteiger charge is 2.08. The second-order valence-electron chi connectivity index (χ2n) is 3.56.